The molecule has 22 heavy (non-hydrogen) atoms. The van der Waals surface area contributed by atoms with Gasteiger partial charge in [0.1, 0.15) is 0 Å². The van der Waals surface area contributed by atoms with Crippen molar-refractivity contribution in [2.24, 2.45) is 0 Å². The van der Waals surface area contributed by atoms with E-state index < -0.39 is 10.0 Å². The van der Waals surface area contributed by atoms with Crippen LogP contribution >= 0.6 is 0 Å². The minimum Gasteiger partial charge on any atom is -0.371 e. The van der Waals surface area contributed by atoms with Gasteiger partial charge in [-0.2, -0.15) is 0 Å². The average Bonchev–Trinajstić information content (AvgIpc) is 3.19. The first-order valence-electron chi connectivity index (χ1n) is 7.45. The molecule has 1 saturated heterocycles. The van der Waals surface area contributed by atoms with Gasteiger partial charge in [-0.25, -0.2) is 12.7 Å². The highest BCUT2D eigenvalue weighted by Crippen LogP contribution is 2.34. The number of hydrogen-bond acceptors (Lipinski definition) is 3. The summed E-state index contributed by atoms with van der Waals surface area (Å²) in [5, 5.41) is 0. The molecule has 0 spiro atoms. The first-order chi connectivity index (χ1) is 10.5. The van der Waals surface area contributed by atoms with Crippen LogP contribution in [0, 0.1) is 0 Å². The molecule has 118 valence electrons. The van der Waals surface area contributed by atoms with E-state index in [-0.39, 0.29) is 0 Å². The van der Waals surface area contributed by atoms with Gasteiger partial charge in [-0.15, -0.1) is 0 Å². The maximum Gasteiger partial charge on any atom is 0.242 e. The maximum absolute atomic E-state index is 12.4. The zero-order chi connectivity index (χ0) is 15.7. The van der Waals surface area contributed by atoms with E-state index >= 15 is 0 Å². The van der Waals surface area contributed by atoms with Gasteiger partial charge < -0.3 is 9.88 Å². The van der Waals surface area contributed by atoms with E-state index in [1.54, 1.807) is 26.2 Å². The zero-order valence-corrected chi connectivity index (χ0v) is 13.7. The topological polar surface area (TPSA) is 56.4 Å². The van der Waals surface area contributed by atoms with Crippen LogP contribution in [0.15, 0.2) is 41.4 Å². The summed E-state index contributed by atoms with van der Waals surface area (Å²) in [4.78, 5) is 5.84. The Morgan fingerprint density at radius 1 is 1.14 bits per heavy atom. The lowest BCUT2D eigenvalue weighted by Gasteiger charge is -2.22. The number of aromatic amines is 1. The van der Waals surface area contributed by atoms with Crippen molar-refractivity contribution in [2.45, 2.75) is 17.7 Å². The Balaban J connectivity index is 2.13. The molecular weight excluding hydrogens is 298 g/mol. The Hall–Kier alpha value is -1.79. The molecule has 2 heterocycles. The number of rotatable bonds is 4. The van der Waals surface area contributed by atoms with Gasteiger partial charge >= 0.3 is 0 Å². The Morgan fingerprint density at radius 3 is 2.45 bits per heavy atom. The summed E-state index contributed by atoms with van der Waals surface area (Å²) in [6, 6.07) is 9.30. The lowest BCUT2D eigenvalue weighted by Crippen LogP contribution is -2.23. The van der Waals surface area contributed by atoms with Crippen LogP contribution in [0.3, 0.4) is 0 Å². The third kappa shape index (κ3) is 2.64. The minimum absolute atomic E-state index is 0.324. The second-order valence-electron chi connectivity index (χ2n) is 5.74. The molecule has 1 aliphatic heterocycles. The standard InChI is InChI=1S/C16H21N3O2S/c1-18(2)22(20,21)13-7-8-16(19-10-3-4-11-19)14(12-13)15-6-5-9-17-15/h5-9,12,17H,3-4,10-11H2,1-2H3. The minimum atomic E-state index is -3.43. The van der Waals surface area contributed by atoms with Crippen molar-refractivity contribution in [3.05, 3.63) is 36.5 Å². The fourth-order valence-corrected chi connectivity index (χ4v) is 3.76. The number of aromatic nitrogens is 1. The predicted octanol–water partition coefficient (Wildman–Crippen LogP) is 2.53. The third-order valence-corrected chi connectivity index (χ3v) is 5.89. The molecule has 0 radical (unpaired) electrons. The molecule has 0 atom stereocenters. The molecule has 1 aromatic heterocycles. The van der Waals surface area contributed by atoms with Crippen LogP contribution in [-0.4, -0.2) is 44.9 Å². The van der Waals surface area contributed by atoms with Crippen molar-refractivity contribution in [1.29, 1.82) is 0 Å². The Bertz CT molecular complexity index is 746. The van der Waals surface area contributed by atoms with Gasteiger partial charge in [0.2, 0.25) is 10.0 Å². The van der Waals surface area contributed by atoms with E-state index in [1.807, 2.05) is 24.4 Å². The highest BCUT2D eigenvalue weighted by atomic mass is 32.2. The van der Waals surface area contributed by atoms with Crippen molar-refractivity contribution in [2.75, 3.05) is 32.1 Å². The van der Waals surface area contributed by atoms with Gasteiger partial charge in [-0.3, -0.25) is 0 Å². The summed E-state index contributed by atoms with van der Waals surface area (Å²) < 4.78 is 26.0. The smallest absolute Gasteiger partial charge is 0.242 e. The summed E-state index contributed by atoms with van der Waals surface area (Å²) in [6.07, 6.45) is 4.22. The highest BCUT2D eigenvalue weighted by molar-refractivity contribution is 7.89. The van der Waals surface area contributed by atoms with Crippen LogP contribution in [0.25, 0.3) is 11.3 Å². The van der Waals surface area contributed by atoms with Crippen LogP contribution < -0.4 is 4.90 Å². The molecule has 1 fully saturated rings. The summed E-state index contributed by atoms with van der Waals surface area (Å²) in [5.74, 6) is 0. The summed E-state index contributed by atoms with van der Waals surface area (Å²) in [5.41, 5.74) is 2.98. The van der Waals surface area contributed by atoms with Crippen molar-refractivity contribution in [3.63, 3.8) is 0 Å². The SMILES string of the molecule is CN(C)S(=O)(=O)c1ccc(N2CCCC2)c(-c2ccc[nH]2)c1. The predicted molar refractivity (Wildman–Crippen MR) is 88.5 cm³/mol. The molecule has 0 amide bonds. The number of nitrogens with zero attached hydrogens (tertiary/aromatic N) is 2. The van der Waals surface area contributed by atoms with Crippen LogP contribution in [-0.2, 0) is 10.0 Å². The lowest BCUT2D eigenvalue weighted by atomic mass is 10.1. The second kappa shape index (κ2) is 5.78. The first kappa shape index (κ1) is 15.1. The quantitative estimate of drug-likeness (QED) is 0.942. The van der Waals surface area contributed by atoms with Crippen LogP contribution in [0.1, 0.15) is 12.8 Å². The Labute approximate surface area is 131 Å². The molecule has 3 rings (SSSR count). The van der Waals surface area contributed by atoms with E-state index in [1.165, 1.54) is 17.1 Å². The van der Waals surface area contributed by atoms with E-state index in [0.29, 0.717) is 4.90 Å². The number of benzene rings is 1. The summed E-state index contributed by atoms with van der Waals surface area (Å²) in [7, 11) is -0.323. The molecule has 2 aromatic rings. The van der Waals surface area contributed by atoms with Crippen molar-refractivity contribution in [1.82, 2.24) is 9.29 Å². The molecule has 1 aromatic carbocycles. The molecular formula is C16H21N3O2S. The monoisotopic (exact) mass is 319 g/mol. The number of hydrogen-bond donors (Lipinski definition) is 1. The van der Waals surface area contributed by atoms with Gasteiger partial charge in [0.15, 0.2) is 0 Å². The Kier molecular flexibility index (Phi) is 3.97. The van der Waals surface area contributed by atoms with Gasteiger partial charge in [0.25, 0.3) is 0 Å². The molecule has 6 heteroatoms. The first-order valence-corrected chi connectivity index (χ1v) is 8.89. The number of H-pyrrole nitrogens is 1. The van der Waals surface area contributed by atoms with Crippen molar-refractivity contribution >= 4 is 15.7 Å². The molecule has 0 saturated carbocycles. The molecule has 1 N–H and O–H groups in total. The molecule has 0 bridgehead atoms. The van der Waals surface area contributed by atoms with Crippen molar-refractivity contribution in [3.8, 4) is 11.3 Å². The van der Waals surface area contributed by atoms with E-state index in [2.05, 4.69) is 9.88 Å². The molecule has 0 unspecified atom stereocenters. The summed E-state index contributed by atoms with van der Waals surface area (Å²) >= 11 is 0. The highest BCUT2D eigenvalue weighted by Gasteiger charge is 2.22. The molecule has 0 aliphatic carbocycles. The average molecular weight is 319 g/mol. The van der Waals surface area contributed by atoms with Crippen LogP contribution in [0.2, 0.25) is 0 Å². The van der Waals surface area contributed by atoms with Gasteiger partial charge in [-0.05, 0) is 43.2 Å². The fraction of sp³-hybridized carbons (Fsp3) is 0.375. The largest absolute Gasteiger partial charge is 0.371 e. The van der Waals surface area contributed by atoms with Gasteiger partial charge in [0, 0.05) is 50.3 Å². The fourth-order valence-electron chi connectivity index (χ4n) is 2.83. The normalized spacial score (nSPS) is 15.7. The van der Waals surface area contributed by atoms with E-state index in [0.717, 1.165) is 30.0 Å². The second-order valence-corrected chi connectivity index (χ2v) is 7.90. The van der Waals surface area contributed by atoms with Crippen molar-refractivity contribution < 1.29 is 8.42 Å². The van der Waals surface area contributed by atoms with Crippen LogP contribution in [0.4, 0.5) is 5.69 Å². The summed E-state index contributed by atoms with van der Waals surface area (Å²) in [6.45, 7) is 2.04. The zero-order valence-electron chi connectivity index (χ0n) is 12.9. The number of sulfonamides is 1. The number of nitrogens with one attached hydrogen (secondary N) is 1. The van der Waals surface area contributed by atoms with Crippen LogP contribution in [0.5, 0.6) is 0 Å². The van der Waals surface area contributed by atoms with Gasteiger partial charge in [-0.1, -0.05) is 0 Å². The van der Waals surface area contributed by atoms with E-state index in [4.69, 9.17) is 0 Å². The maximum atomic E-state index is 12.4. The molecule has 1 aliphatic rings. The Morgan fingerprint density at radius 2 is 1.86 bits per heavy atom. The number of anilines is 1. The van der Waals surface area contributed by atoms with Gasteiger partial charge in [0.05, 0.1) is 4.90 Å². The van der Waals surface area contributed by atoms with E-state index in [9.17, 15) is 8.42 Å². The lowest BCUT2D eigenvalue weighted by molar-refractivity contribution is 0.521. The third-order valence-electron chi connectivity index (χ3n) is 4.08. The molecule has 5 nitrogen and oxygen atoms in total.